The van der Waals surface area contributed by atoms with E-state index in [1.807, 2.05) is 36.4 Å². The summed E-state index contributed by atoms with van der Waals surface area (Å²) in [6.07, 6.45) is 2.50. The van der Waals surface area contributed by atoms with Gasteiger partial charge >= 0.3 is 0 Å². The second kappa shape index (κ2) is 3.38. The molecule has 0 radical (unpaired) electrons. The number of hydrogen-bond acceptors (Lipinski definition) is 3. The molecule has 0 aliphatic rings. The maximum atomic E-state index is 11.0. The fourth-order valence-electron chi connectivity index (χ4n) is 1.88. The second-order valence-electron chi connectivity index (χ2n) is 3.53. The van der Waals surface area contributed by atoms with Crippen LogP contribution in [0.3, 0.4) is 0 Å². The van der Waals surface area contributed by atoms with Gasteiger partial charge < -0.3 is 0 Å². The Morgan fingerprint density at radius 2 is 1.81 bits per heavy atom. The Bertz CT molecular complexity index is 692. The molecule has 0 aliphatic carbocycles. The molecule has 2 aromatic heterocycles. The van der Waals surface area contributed by atoms with Crippen LogP contribution >= 0.6 is 0 Å². The molecule has 0 aliphatic heterocycles. The van der Waals surface area contributed by atoms with Gasteiger partial charge in [-0.15, -0.1) is 0 Å². The monoisotopic (exact) mass is 208 g/mol. The summed E-state index contributed by atoms with van der Waals surface area (Å²) in [5.41, 5.74) is 2.08. The normalized spacial score (nSPS) is 10.8. The average Bonchev–Trinajstić information content (AvgIpc) is 2.38. The van der Waals surface area contributed by atoms with Crippen molar-refractivity contribution in [1.82, 2.24) is 9.97 Å². The van der Waals surface area contributed by atoms with Crippen LogP contribution in [0, 0.1) is 0 Å². The van der Waals surface area contributed by atoms with E-state index < -0.39 is 0 Å². The number of carbonyl (C=O) groups excluding carboxylic acids is 1. The van der Waals surface area contributed by atoms with E-state index in [4.69, 9.17) is 0 Å². The summed E-state index contributed by atoms with van der Waals surface area (Å²) in [4.78, 5) is 19.6. The maximum Gasteiger partial charge on any atom is 0.169 e. The fraction of sp³-hybridized carbons (Fsp3) is 0. The fourth-order valence-corrected chi connectivity index (χ4v) is 1.88. The third-order valence-electron chi connectivity index (χ3n) is 2.60. The number of aldehydes is 1. The minimum absolute atomic E-state index is 0.446. The molecule has 3 rings (SSSR count). The molecule has 3 aromatic rings. The largest absolute Gasteiger partial charge is 0.296 e. The summed E-state index contributed by atoms with van der Waals surface area (Å²) in [5.74, 6) is 0. The van der Waals surface area contributed by atoms with Gasteiger partial charge in [-0.2, -0.15) is 0 Å². The number of para-hydroxylation sites is 1. The van der Waals surface area contributed by atoms with E-state index in [2.05, 4.69) is 9.97 Å². The lowest BCUT2D eigenvalue weighted by Gasteiger charge is -2.03. The summed E-state index contributed by atoms with van der Waals surface area (Å²) < 4.78 is 0. The first-order valence-electron chi connectivity index (χ1n) is 4.99. The van der Waals surface area contributed by atoms with Gasteiger partial charge in [-0.1, -0.05) is 18.2 Å². The van der Waals surface area contributed by atoms with E-state index in [1.54, 1.807) is 6.20 Å². The van der Waals surface area contributed by atoms with Crippen molar-refractivity contribution in [3.63, 3.8) is 0 Å². The maximum absolute atomic E-state index is 11.0. The van der Waals surface area contributed by atoms with Crippen LogP contribution in [0.25, 0.3) is 21.8 Å². The van der Waals surface area contributed by atoms with E-state index in [9.17, 15) is 4.79 Å². The van der Waals surface area contributed by atoms with Gasteiger partial charge in [-0.05, 0) is 18.2 Å². The van der Waals surface area contributed by atoms with Crippen molar-refractivity contribution in [2.45, 2.75) is 0 Å². The molecular weight excluding hydrogens is 200 g/mol. The molecule has 3 heteroatoms. The molecule has 1 aromatic carbocycles. The number of benzene rings is 1. The van der Waals surface area contributed by atoms with Crippen LogP contribution in [-0.2, 0) is 0 Å². The Morgan fingerprint density at radius 3 is 2.69 bits per heavy atom. The molecule has 2 heterocycles. The van der Waals surface area contributed by atoms with Gasteiger partial charge in [0.2, 0.25) is 0 Å². The summed E-state index contributed by atoms with van der Waals surface area (Å²) >= 11 is 0. The van der Waals surface area contributed by atoms with Gasteiger partial charge in [0.05, 0.1) is 11.0 Å². The number of carbonyl (C=O) groups is 1. The predicted octanol–water partition coefficient (Wildman–Crippen LogP) is 2.60. The highest BCUT2D eigenvalue weighted by atomic mass is 16.1. The lowest BCUT2D eigenvalue weighted by Crippen LogP contribution is -1.92. The van der Waals surface area contributed by atoms with Crippen LogP contribution < -0.4 is 0 Å². The Labute approximate surface area is 91.8 Å². The third kappa shape index (κ3) is 1.18. The van der Waals surface area contributed by atoms with E-state index in [0.717, 1.165) is 28.1 Å². The zero-order chi connectivity index (χ0) is 11.0. The van der Waals surface area contributed by atoms with Crippen LogP contribution in [-0.4, -0.2) is 16.3 Å². The number of hydrogen-bond donors (Lipinski definition) is 0. The van der Waals surface area contributed by atoms with Gasteiger partial charge in [0, 0.05) is 17.0 Å². The molecule has 76 valence electrons. The lowest BCUT2D eigenvalue weighted by atomic mass is 10.1. The van der Waals surface area contributed by atoms with Gasteiger partial charge in [0.15, 0.2) is 6.29 Å². The number of pyridine rings is 2. The molecule has 0 N–H and O–H groups in total. The highest BCUT2D eigenvalue weighted by Crippen LogP contribution is 2.23. The molecular formula is C13H8N2O. The average molecular weight is 208 g/mol. The van der Waals surface area contributed by atoms with Crippen molar-refractivity contribution in [3.8, 4) is 0 Å². The van der Waals surface area contributed by atoms with Crippen LogP contribution in [0.4, 0.5) is 0 Å². The minimum atomic E-state index is 0.446. The molecule has 16 heavy (non-hydrogen) atoms. The van der Waals surface area contributed by atoms with Crippen molar-refractivity contribution in [1.29, 1.82) is 0 Å². The lowest BCUT2D eigenvalue weighted by molar-refractivity contribution is 0.112. The first kappa shape index (κ1) is 8.97. The Hall–Kier alpha value is -2.29. The van der Waals surface area contributed by atoms with E-state index in [-0.39, 0.29) is 0 Å². The summed E-state index contributed by atoms with van der Waals surface area (Å²) in [5, 5.41) is 1.78. The Kier molecular flexibility index (Phi) is 1.90. The predicted molar refractivity (Wildman–Crippen MR) is 62.4 cm³/mol. The number of nitrogens with zero attached hydrogens (tertiary/aromatic N) is 2. The first-order chi connectivity index (χ1) is 7.90. The molecule has 0 spiro atoms. The molecule has 0 unspecified atom stereocenters. The SMILES string of the molecule is O=Cc1nc2ccccc2c2ncccc12. The van der Waals surface area contributed by atoms with E-state index in [0.29, 0.717) is 5.69 Å². The van der Waals surface area contributed by atoms with Gasteiger partial charge in [0.25, 0.3) is 0 Å². The standard InChI is InChI=1S/C13H8N2O/c16-8-12-10-5-3-7-14-13(10)9-4-1-2-6-11(9)15-12/h1-8H. The molecule has 0 atom stereocenters. The minimum Gasteiger partial charge on any atom is -0.296 e. The van der Waals surface area contributed by atoms with Crippen molar-refractivity contribution in [2.24, 2.45) is 0 Å². The molecule has 0 bridgehead atoms. The van der Waals surface area contributed by atoms with Crippen LogP contribution in [0.1, 0.15) is 10.5 Å². The van der Waals surface area contributed by atoms with Crippen LogP contribution in [0.15, 0.2) is 42.6 Å². The van der Waals surface area contributed by atoms with Gasteiger partial charge in [-0.3, -0.25) is 9.78 Å². The molecule has 0 amide bonds. The van der Waals surface area contributed by atoms with Crippen molar-refractivity contribution >= 4 is 28.1 Å². The van der Waals surface area contributed by atoms with E-state index in [1.165, 1.54) is 0 Å². The second-order valence-corrected chi connectivity index (χ2v) is 3.53. The first-order valence-corrected chi connectivity index (χ1v) is 4.99. The summed E-state index contributed by atoms with van der Waals surface area (Å²) in [7, 11) is 0. The molecule has 0 saturated heterocycles. The number of rotatable bonds is 1. The van der Waals surface area contributed by atoms with Gasteiger partial charge in [0.1, 0.15) is 5.69 Å². The van der Waals surface area contributed by atoms with Crippen molar-refractivity contribution in [2.75, 3.05) is 0 Å². The van der Waals surface area contributed by atoms with Crippen molar-refractivity contribution in [3.05, 3.63) is 48.3 Å². The van der Waals surface area contributed by atoms with Crippen LogP contribution in [0.2, 0.25) is 0 Å². The van der Waals surface area contributed by atoms with Crippen molar-refractivity contribution < 1.29 is 4.79 Å². The molecule has 0 fully saturated rings. The quantitative estimate of drug-likeness (QED) is 0.456. The third-order valence-corrected chi connectivity index (χ3v) is 2.60. The highest BCUT2D eigenvalue weighted by Gasteiger charge is 2.07. The highest BCUT2D eigenvalue weighted by molar-refractivity contribution is 6.08. The Morgan fingerprint density at radius 1 is 1.00 bits per heavy atom. The molecule has 0 saturated carbocycles. The Balaban J connectivity index is 2.62. The zero-order valence-electron chi connectivity index (χ0n) is 8.42. The van der Waals surface area contributed by atoms with E-state index >= 15 is 0 Å². The summed E-state index contributed by atoms with van der Waals surface area (Å²) in [6.45, 7) is 0. The number of fused-ring (bicyclic) bond motifs is 3. The number of aromatic nitrogens is 2. The van der Waals surface area contributed by atoms with Gasteiger partial charge in [-0.25, -0.2) is 4.98 Å². The molecule has 3 nitrogen and oxygen atoms in total. The van der Waals surface area contributed by atoms with Crippen LogP contribution in [0.5, 0.6) is 0 Å². The smallest absolute Gasteiger partial charge is 0.169 e. The topological polar surface area (TPSA) is 42.9 Å². The zero-order valence-corrected chi connectivity index (χ0v) is 8.42. The summed E-state index contributed by atoms with van der Waals surface area (Å²) in [6, 6.07) is 11.4.